The normalized spacial score (nSPS) is 25.1. The van der Waals surface area contributed by atoms with E-state index in [1.807, 2.05) is 39.1 Å². The predicted octanol–water partition coefficient (Wildman–Crippen LogP) is 10.3. The molecule has 1 aromatic heterocycles. The first-order chi connectivity index (χ1) is 39.8. The molecular weight excluding hydrogens is 1010 g/mol. The highest BCUT2D eigenvalue weighted by molar-refractivity contribution is 5.96. The monoisotopic (exact) mass is 1100 g/mol. The van der Waals surface area contributed by atoms with E-state index in [0.717, 1.165) is 172 Å². The summed E-state index contributed by atoms with van der Waals surface area (Å²) in [5, 5.41) is 3.74. The zero-order valence-electron chi connectivity index (χ0n) is 49.1. The Bertz CT molecular complexity index is 2660. The van der Waals surface area contributed by atoms with Gasteiger partial charge in [0.25, 0.3) is 0 Å². The molecule has 5 unspecified atom stereocenters. The molecule has 81 heavy (non-hydrogen) atoms. The van der Waals surface area contributed by atoms with Crippen LogP contribution in [0.4, 0.5) is 17.1 Å². The minimum absolute atomic E-state index is 0.244. The van der Waals surface area contributed by atoms with E-state index in [9.17, 15) is 19.2 Å². The average Bonchev–Trinajstić information content (AvgIpc) is 4.34. The molecule has 9 heterocycles. The number of hydrogen-bond acceptors (Lipinski definition) is 9. The number of pyridine rings is 1. The zero-order chi connectivity index (χ0) is 55.8. The molecule has 8 fully saturated rings. The SMILES string of the molecule is CC(=O)N1CCCCC1C1CCN(CCc2ccccc2N2CCCCC2=O)C1.O=C1CCCCN1c1ccccc1CCN1CCC(C2CCCCN2)C1.O=C1CCCCN1c1ccccc1CCN1CCC(c2ccccn2)C1. The van der Waals surface area contributed by atoms with E-state index in [0.29, 0.717) is 43.0 Å². The minimum atomic E-state index is 0.244. The number of amides is 4. The van der Waals surface area contributed by atoms with Crippen molar-refractivity contribution in [1.29, 1.82) is 0 Å². The Morgan fingerprint density at radius 2 is 0.951 bits per heavy atom. The molecule has 1 N–H and O–H groups in total. The molecular formula is C68H95N9O4. The van der Waals surface area contributed by atoms with Crippen LogP contribution in [0, 0.1) is 11.8 Å². The second-order valence-corrected chi connectivity index (χ2v) is 24.7. The fourth-order valence-electron chi connectivity index (χ4n) is 14.8. The molecule has 5 atom stereocenters. The number of rotatable bonds is 15. The summed E-state index contributed by atoms with van der Waals surface area (Å²) in [6, 6.07) is 32.8. The second kappa shape index (κ2) is 29.7. The van der Waals surface area contributed by atoms with Crippen molar-refractivity contribution in [1.82, 2.24) is 29.9 Å². The van der Waals surface area contributed by atoms with Gasteiger partial charge in [-0.3, -0.25) is 24.2 Å². The number of carbonyl (C=O) groups excluding carboxylic acids is 4. The lowest BCUT2D eigenvalue weighted by Gasteiger charge is -2.38. The van der Waals surface area contributed by atoms with Crippen LogP contribution in [-0.4, -0.2) is 152 Å². The van der Waals surface area contributed by atoms with Gasteiger partial charge in [0.05, 0.1) is 0 Å². The summed E-state index contributed by atoms with van der Waals surface area (Å²) in [5.41, 5.74) is 8.53. The quantitative estimate of drug-likeness (QED) is 0.124. The van der Waals surface area contributed by atoms with Crippen molar-refractivity contribution in [3.8, 4) is 0 Å². The van der Waals surface area contributed by atoms with Crippen LogP contribution in [0.2, 0.25) is 0 Å². The van der Waals surface area contributed by atoms with Gasteiger partial charge in [0.2, 0.25) is 23.6 Å². The fraction of sp³-hybridized carbons (Fsp3) is 0.603. The van der Waals surface area contributed by atoms with E-state index in [-0.39, 0.29) is 17.7 Å². The van der Waals surface area contributed by atoms with E-state index in [1.165, 1.54) is 87.0 Å². The van der Waals surface area contributed by atoms with Crippen molar-refractivity contribution in [2.24, 2.45) is 11.8 Å². The zero-order valence-corrected chi connectivity index (χ0v) is 49.1. The Morgan fingerprint density at radius 1 is 0.481 bits per heavy atom. The first-order valence-electron chi connectivity index (χ1n) is 32.0. The van der Waals surface area contributed by atoms with E-state index in [1.54, 1.807) is 6.92 Å². The maximum absolute atomic E-state index is 12.4. The number of anilines is 3. The Morgan fingerprint density at radius 3 is 1.44 bits per heavy atom. The third kappa shape index (κ3) is 15.8. The number of piperidine rings is 5. The Balaban J connectivity index is 0.000000137. The van der Waals surface area contributed by atoms with Gasteiger partial charge in [-0.05, 0) is 194 Å². The molecule has 436 valence electrons. The van der Waals surface area contributed by atoms with E-state index < -0.39 is 0 Å². The van der Waals surface area contributed by atoms with Crippen molar-refractivity contribution < 1.29 is 19.2 Å². The number of nitrogens with one attached hydrogen (secondary N) is 1. The van der Waals surface area contributed by atoms with Crippen LogP contribution < -0.4 is 20.0 Å². The molecule has 4 amide bonds. The molecule has 3 aromatic carbocycles. The van der Waals surface area contributed by atoms with Crippen molar-refractivity contribution in [3.63, 3.8) is 0 Å². The summed E-state index contributed by atoms with van der Waals surface area (Å²) < 4.78 is 0. The van der Waals surface area contributed by atoms with Gasteiger partial charge in [0.1, 0.15) is 0 Å². The molecule has 13 nitrogen and oxygen atoms in total. The van der Waals surface area contributed by atoms with Gasteiger partial charge in [-0.2, -0.15) is 0 Å². The van der Waals surface area contributed by atoms with Gasteiger partial charge >= 0.3 is 0 Å². The number of aromatic nitrogens is 1. The Hall–Kier alpha value is -5.47. The maximum Gasteiger partial charge on any atom is 0.226 e. The van der Waals surface area contributed by atoms with Crippen LogP contribution in [0.1, 0.15) is 151 Å². The van der Waals surface area contributed by atoms with Crippen molar-refractivity contribution in [2.45, 2.75) is 160 Å². The smallest absolute Gasteiger partial charge is 0.226 e. The number of carbonyl (C=O) groups is 4. The molecule has 8 aliphatic rings. The highest BCUT2D eigenvalue weighted by Crippen LogP contribution is 2.34. The van der Waals surface area contributed by atoms with E-state index in [2.05, 4.69) is 103 Å². The first kappa shape index (κ1) is 58.7. The second-order valence-electron chi connectivity index (χ2n) is 24.7. The van der Waals surface area contributed by atoms with Gasteiger partial charge in [-0.15, -0.1) is 0 Å². The third-order valence-electron chi connectivity index (χ3n) is 19.3. The van der Waals surface area contributed by atoms with Gasteiger partial charge in [-0.25, -0.2) is 0 Å². The molecule has 0 saturated carbocycles. The van der Waals surface area contributed by atoms with E-state index >= 15 is 0 Å². The number of para-hydroxylation sites is 3. The molecule has 4 aromatic rings. The summed E-state index contributed by atoms with van der Waals surface area (Å²) >= 11 is 0. The number of nitrogens with zero attached hydrogens (tertiary/aromatic N) is 8. The molecule has 8 saturated heterocycles. The van der Waals surface area contributed by atoms with E-state index in [4.69, 9.17) is 0 Å². The lowest BCUT2D eigenvalue weighted by atomic mass is 9.89. The van der Waals surface area contributed by atoms with Crippen LogP contribution in [0.5, 0.6) is 0 Å². The topological polar surface area (TPSA) is 116 Å². The number of hydrogen-bond donors (Lipinski definition) is 1. The van der Waals surface area contributed by atoms with Gasteiger partial charge in [-0.1, -0.05) is 67.1 Å². The molecule has 0 bridgehead atoms. The van der Waals surface area contributed by atoms with Crippen molar-refractivity contribution in [3.05, 3.63) is 120 Å². The van der Waals surface area contributed by atoms with Crippen LogP contribution in [0.3, 0.4) is 0 Å². The highest BCUT2D eigenvalue weighted by Gasteiger charge is 2.36. The minimum Gasteiger partial charge on any atom is -0.340 e. The fourth-order valence-corrected chi connectivity index (χ4v) is 14.8. The molecule has 0 radical (unpaired) electrons. The summed E-state index contributed by atoms with van der Waals surface area (Å²) in [6.45, 7) is 16.6. The van der Waals surface area contributed by atoms with Gasteiger partial charge in [0, 0.05) is 139 Å². The summed E-state index contributed by atoms with van der Waals surface area (Å²) in [6.07, 6.45) is 24.8. The molecule has 8 aliphatic heterocycles. The first-order valence-corrected chi connectivity index (χ1v) is 32.0. The highest BCUT2D eigenvalue weighted by atomic mass is 16.2. The summed E-state index contributed by atoms with van der Waals surface area (Å²) in [5.74, 6) is 3.08. The number of likely N-dealkylation sites (tertiary alicyclic amines) is 4. The third-order valence-corrected chi connectivity index (χ3v) is 19.3. The Labute approximate surface area is 485 Å². The Kier molecular flexibility index (Phi) is 21.5. The van der Waals surface area contributed by atoms with Crippen LogP contribution in [0.25, 0.3) is 0 Å². The number of benzene rings is 3. The van der Waals surface area contributed by atoms with Gasteiger partial charge < -0.3 is 39.6 Å². The largest absolute Gasteiger partial charge is 0.340 e. The van der Waals surface area contributed by atoms with Crippen molar-refractivity contribution >= 4 is 40.7 Å². The predicted molar refractivity (Wildman–Crippen MR) is 327 cm³/mol. The van der Waals surface area contributed by atoms with Crippen molar-refractivity contribution in [2.75, 3.05) is 106 Å². The summed E-state index contributed by atoms with van der Waals surface area (Å²) in [4.78, 5) is 69.5. The van der Waals surface area contributed by atoms with Crippen LogP contribution in [0.15, 0.2) is 97.2 Å². The molecule has 0 aliphatic carbocycles. The standard InChI is InChI=1S/C24H35N3O2.C22H33N3O.C22H27N3O/c1-19(28)26-14-6-4-10-23(26)21-13-17-25(18-21)16-12-20-8-2-3-9-22(20)27-15-7-5-11-24(27)29;2*26-22-10-4-6-14-25(22)21-9-2-1-7-18(21)11-15-24-16-12-19(17-24)20-8-3-5-13-23-20/h2-3,8-9,21,23H,4-7,10-18H2,1H3;1-2,7,9,19-20,23H,3-6,8,10-17H2;1-3,5,7-9,13,19H,4,6,10-12,14-17H2. The molecule has 13 heteroatoms. The summed E-state index contributed by atoms with van der Waals surface area (Å²) in [7, 11) is 0. The molecule has 12 rings (SSSR count). The molecule has 0 spiro atoms. The maximum atomic E-state index is 12.4. The lowest BCUT2D eigenvalue weighted by Crippen LogP contribution is -2.47. The van der Waals surface area contributed by atoms with Gasteiger partial charge in [0.15, 0.2) is 0 Å². The average molecular weight is 1100 g/mol. The lowest BCUT2D eigenvalue weighted by molar-refractivity contribution is -0.133. The van der Waals surface area contributed by atoms with Crippen LogP contribution >= 0.6 is 0 Å². The van der Waals surface area contributed by atoms with Crippen LogP contribution in [-0.2, 0) is 38.4 Å².